The number of nitro benzene ring substituents is 1. The molecule has 3 heterocycles. The lowest BCUT2D eigenvalue weighted by atomic mass is 9.82. The molecule has 0 N–H and O–H groups in total. The van der Waals surface area contributed by atoms with Crippen LogP contribution in [0, 0.1) is 10.1 Å². The van der Waals surface area contributed by atoms with Gasteiger partial charge in [0.15, 0.2) is 0 Å². The SMILES string of the molecule is O=c1oc2ccccc2c2c1C1C(=CO2)COc2ccc([N+](=O)[O-])cc21. The number of para-hydroxylation sites is 1. The molecule has 7 heteroatoms. The van der Waals surface area contributed by atoms with Crippen LogP contribution in [0.15, 0.2) is 63.5 Å². The number of non-ortho nitro benzene ring substituents is 1. The van der Waals surface area contributed by atoms with Crippen LogP contribution in [0.25, 0.3) is 11.0 Å². The molecule has 0 saturated heterocycles. The Labute approximate surface area is 146 Å². The van der Waals surface area contributed by atoms with Crippen molar-refractivity contribution in [3.8, 4) is 11.5 Å². The fourth-order valence-electron chi connectivity index (χ4n) is 3.54. The third-order valence-electron chi connectivity index (χ3n) is 4.70. The van der Waals surface area contributed by atoms with Crippen molar-refractivity contribution in [3.05, 3.63) is 86.0 Å². The van der Waals surface area contributed by atoms with Gasteiger partial charge in [0.05, 0.1) is 28.1 Å². The van der Waals surface area contributed by atoms with Crippen LogP contribution in [0.5, 0.6) is 11.5 Å². The van der Waals surface area contributed by atoms with Crippen LogP contribution < -0.4 is 15.1 Å². The average Bonchev–Trinajstić information content (AvgIpc) is 2.66. The van der Waals surface area contributed by atoms with E-state index in [4.69, 9.17) is 13.9 Å². The summed E-state index contributed by atoms with van der Waals surface area (Å²) >= 11 is 0. The van der Waals surface area contributed by atoms with Gasteiger partial charge < -0.3 is 13.9 Å². The Balaban J connectivity index is 1.82. The standard InChI is InChI=1S/C19H11NO6/c21-19-17-16-10(8-24-14-6-5-11(20(22)23)7-13(14)16)9-25-18(17)12-3-1-2-4-15(12)26-19/h1-7,9,16H,8H2. The van der Waals surface area contributed by atoms with Crippen molar-refractivity contribution in [2.75, 3.05) is 6.61 Å². The first-order valence-electron chi connectivity index (χ1n) is 7.96. The van der Waals surface area contributed by atoms with Crippen molar-refractivity contribution in [1.29, 1.82) is 0 Å². The summed E-state index contributed by atoms with van der Waals surface area (Å²) in [6.45, 7) is 0.237. The first-order valence-corrected chi connectivity index (χ1v) is 7.96. The van der Waals surface area contributed by atoms with E-state index in [0.717, 1.165) is 0 Å². The van der Waals surface area contributed by atoms with Crippen LogP contribution in [0.4, 0.5) is 5.69 Å². The van der Waals surface area contributed by atoms with E-state index in [1.165, 1.54) is 12.1 Å². The van der Waals surface area contributed by atoms with Crippen LogP contribution in [0.3, 0.4) is 0 Å². The second-order valence-corrected chi connectivity index (χ2v) is 6.14. The lowest BCUT2D eigenvalue weighted by Gasteiger charge is -2.31. The molecular formula is C19H11NO6. The Morgan fingerprint density at radius 2 is 2.00 bits per heavy atom. The molecule has 2 aliphatic rings. The quantitative estimate of drug-likeness (QED) is 0.379. The van der Waals surface area contributed by atoms with Crippen molar-refractivity contribution in [2.24, 2.45) is 0 Å². The van der Waals surface area contributed by atoms with Crippen LogP contribution in [-0.2, 0) is 0 Å². The first kappa shape index (κ1) is 14.7. The molecule has 1 aromatic heterocycles. The van der Waals surface area contributed by atoms with Gasteiger partial charge in [-0.25, -0.2) is 4.79 Å². The number of nitro groups is 1. The summed E-state index contributed by atoms with van der Waals surface area (Å²) in [4.78, 5) is 23.4. The molecule has 3 aromatic rings. The summed E-state index contributed by atoms with van der Waals surface area (Å²) in [5.41, 5.74) is 1.46. The van der Waals surface area contributed by atoms with Gasteiger partial charge in [0, 0.05) is 23.3 Å². The maximum Gasteiger partial charge on any atom is 0.344 e. The summed E-state index contributed by atoms with van der Waals surface area (Å²) in [6, 6.07) is 11.5. The third kappa shape index (κ3) is 1.97. The average molecular weight is 349 g/mol. The monoisotopic (exact) mass is 349 g/mol. The molecule has 26 heavy (non-hydrogen) atoms. The minimum atomic E-state index is -0.520. The van der Waals surface area contributed by atoms with E-state index in [-0.39, 0.29) is 12.3 Å². The van der Waals surface area contributed by atoms with Gasteiger partial charge in [0.25, 0.3) is 5.69 Å². The minimum Gasteiger partial charge on any atom is -0.489 e. The van der Waals surface area contributed by atoms with Crippen molar-refractivity contribution in [2.45, 2.75) is 5.92 Å². The highest BCUT2D eigenvalue weighted by Crippen LogP contribution is 2.47. The third-order valence-corrected chi connectivity index (χ3v) is 4.70. The zero-order valence-corrected chi connectivity index (χ0v) is 13.3. The molecule has 128 valence electrons. The predicted molar refractivity (Wildman–Crippen MR) is 91.6 cm³/mol. The fourth-order valence-corrected chi connectivity index (χ4v) is 3.54. The van der Waals surface area contributed by atoms with Crippen molar-refractivity contribution < 1.29 is 18.8 Å². The summed E-state index contributed by atoms with van der Waals surface area (Å²) in [7, 11) is 0. The molecule has 2 aliphatic heterocycles. The van der Waals surface area contributed by atoms with E-state index in [1.54, 1.807) is 24.5 Å². The molecule has 5 rings (SSSR count). The second kappa shape index (κ2) is 5.19. The number of fused-ring (bicyclic) bond motifs is 7. The number of rotatable bonds is 1. The Kier molecular flexibility index (Phi) is 2.94. The van der Waals surface area contributed by atoms with Crippen molar-refractivity contribution >= 4 is 16.7 Å². The van der Waals surface area contributed by atoms with Crippen LogP contribution in [-0.4, -0.2) is 11.5 Å². The molecule has 0 bridgehead atoms. The smallest absolute Gasteiger partial charge is 0.344 e. The fraction of sp³-hybridized carbons (Fsp3) is 0.105. The largest absolute Gasteiger partial charge is 0.489 e. The van der Waals surface area contributed by atoms with Gasteiger partial charge in [0.2, 0.25) is 0 Å². The molecule has 0 fully saturated rings. The molecule has 1 atom stereocenters. The highest BCUT2D eigenvalue weighted by atomic mass is 16.6. The number of ether oxygens (including phenoxy) is 2. The summed E-state index contributed by atoms with van der Waals surface area (Å²) in [6.07, 6.45) is 1.56. The highest BCUT2D eigenvalue weighted by Gasteiger charge is 2.37. The Morgan fingerprint density at radius 1 is 1.15 bits per heavy atom. The van der Waals surface area contributed by atoms with Gasteiger partial charge in [-0.15, -0.1) is 0 Å². The van der Waals surface area contributed by atoms with Crippen molar-refractivity contribution in [1.82, 2.24) is 0 Å². The number of nitrogens with zero attached hydrogens (tertiary/aromatic N) is 1. The Morgan fingerprint density at radius 3 is 2.85 bits per heavy atom. The van der Waals surface area contributed by atoms with E-state index in [9.17, 15) is 14.9 Å². The zero-order valence-electron chi connectivity index (χ0n) is 13.3. The molecule has 0 aliphatic carbocycles. The Hall–Kier alpha value is -3.61. The van der Waals surface area contributed by atoms with E-state index in [1.807, 2.05) is 12.1 Å². The number of hydrogen-bond acceptors (Lipinski definition) is 6. The van der Waals surface area contributed by atoms with Crippen LogP contribution in [0.1, 0.15) is 17.0 Å². The summed E-state index contributed by atoms with van der Waals surface area (Å²) in [5.74, 6) is 0.436. The van der Waals surface area contributed by atoms with E-state index in [0.29, 0.717) is 39.2 Å². The molecule has 0 spiro atoms. The minimum absolute atomic E-state index is 0.0631. The van der Waals surface area contributed by atoms with E-state index in [2.05, 4.69) is 0 Å². The molecule has 0 saturated carbocycles. The van der Waals surface area contributed by atoms with Gasteiger partial charge in [0.1, 0.15) is 23.7 Å². The lowest BCUT2D eigenvalue weighted by molar-refractivity contribution is -0.385. The molecule has 0 radical (unpaired) electrons. The van der Waals surface area contributed by atoms with Gasteiger partial charge in [-0.2, -0.15) is 0 Å². The van der Waals surface area contributed by atoms with Crippen molar-refractivity contribution in [3.63, 3.8) is 0 Å². The normalized spacial score (nSPS) is 17.2. The summed E-state index contributed by atoms with van der Waals surface area (Å²) in [5, 5.41) is 11.9. The highest BCUT2D eigenvalue weighted by molar-refractivity contribution is 5.85. The van der Waals surface area contributed by atoms with Crippen LogP contribution in [0.2, 0.25) is 0 Å². The molecule has 0 amide bonds. The molecule has 1 unspecified atom stereocenters. The molecular weight excluding hydrogens is 338 g/mol. The van der Waals surface area contributed by atoms with E-state index >= 15 is 0 Å². The van der Waals surface area contributed by atoms with Gasteiger partial charge in [-0.3, -0.25) is 10.1 Å². The molecule has 2 aromatic carbocycles. The number of benzene rings is 2. The second-order valence-electron chi connectivity index (χ2n) is 6.14. The zero-order chi connectivity index (χ0) is 17.8. The predicted octanol–water partition coefficient (Wildman–Crippen LogP) is 3.50. The van der Waals surface area contributed by atoms with E-state index < -0.39 is 16.5 Å². The summed E-state index contributed by atoms with van der Waals surface area (Å²) < 4.78 is 16.9. The van der Waals surface area contributed by atoms with Gasteiger partial charge in [-0.1, -0.05) is 12.1 Å². The van der Waals surface area contributed by atoms with Gasteiger partial charge in [-0.05, 0) is 18.2 Å². The molecule has 7 nitrogen and oxygen atoms in total. The van der Waals surface area contributed by atoms with Gasteiger partial charge >= 0.3 is 5.63 Å². The lowest BCUT2D eigenvalue weighted by Crippen LogP contribution is -2.27. The topological polar surface area (TPSA) is 91.8 Å². The first-order chi connectivity index (χ1) is 12.6. The maximum atomic E-state index is 12.7. The van der Waals surface area contributed by atoms with Crippen LogP contribution >= 0.6 is 0 Å². The number of hydrogen-bond donors (Lipinski definition) is 0. The maximum absolute atomic E-state index is 12.7. The Bertz CT molecular complexity index is 1180.